The van der Waals surface area contributed by atoms with Crippen molar-refractivity contribution in [2.24, 2.45) is 17.6 Å². The molecule has 8 heteroatoms. The molecule has 0 aromatic heterocycles. The average Bonchev–Trinajstić information content (AvgIpc) is 2.76. The smallest absolute Gasteiger partial charge is 0.306 e. The third kappa shape index (κ3) is 3.89. The molecule has 0 spiro atoms. The monoisotopic (exact) mass is 290 g/mol. The predicted octanol–water partition coefficient (Wildman–Crippen LogP) is -2.36. The van der Waals surface area contributed by atoms with Gasteiger partial charge < -0.3 is 31.5 Å². The lowest BCUT2D eigenvalue weighted by molar-refractivity contribution is -0.141. The van der Waals surface area contributed by atoms with Crippen molar-refractivity contribution in [3.63, 3.8) is 0 Å². The van der Waals surface area contributed by atoms with Gasteiger partial charge >= 0.3 is 5.97 Å². The van der Waals surface area contributed by atoms with Crippen LogP contribution in [-0.2, 0) is 9.59 Å². The Balaban J connectivity index is 2.88. The summed E-state index contributed by atoms with van der Waals surface area (Å²) in [6.07, 6.45) is -2.38. The van der Waals surface area contributed by atoms with Crippen LogP contribution in [0.3, 0.4) is 0 Å². The Morgan fingerprint density at radius 3 is 2.35 bits per heavy atom. The molecular formula is C12H22N2O6. The largest absolute Gasteiger partial charge is 0.481 e. The first-order valence-corrected chi connectivity index (χ1v) is 6.50. The van der Waals surface area contributed by atoms with E-state index in [9.17, 15) is 19.8 Å². The highest BCUT2D eigenvalue weighted by Gasteiger charge is 2.44. The molecule has 0 aliphatic heterocycles. The number of amides is 1. The van der Waals surface area contributed by atoms with E-state index in [-0.39, 0.29) is 12.8 Å². The average molecular weight is 290 g/mol. The molecule has 0 heterocycles. The molecule has 0 aromatic rings. The summed E-state index contributed by atoms with van der Waals surface area (Å²) in [7, 11) is 0. The molecule has 1 aliphatic carbocycles. The second kappa shape index (κ2) is 6.98. The molecule has 20 heavy (non-hydrogen) atoms. The van der Waals surface area contributed by atoms with Crippen LogP contribution < -0.4 is 11.1 Å². The van der Waals surface area contributed by atoms with E-state index in [4.69, 9.17) is 15.9 Å². The van der Waals surface area contributed by atoms with Crippen LogP contribution in [0.1, 0.15) is 19.8 Å². The molecule has 1 aliphatic rings. The van der Waals surface area contributed by atoms with Crippen LogP contribution >= 0.6 is 0 Å². The number of nitrogens with two attached hydrogens (primary N) is 1. The fourth-order valence-corrected chi connectivity index (χ4v) is 2.75. The van der Waals surface area contributed by atoms with Crippen molar-refractivity contribution < 1.29 is 30.0 Å². The Kier molecular flexibility index (Phi) is 5.88. The number of nitrogens with one attached hydrogen (secondary N) is 1. The maximum absolute atomic E-state index is 11.2. The van der Waals surface area contributed by atoms with E-state index in [1.807, 2.05) is 0 Å². The van der Waals surface area contributed by atoms with Crippen LogP contribution in [0.5, 0.6) is 0 Å². The first-order valence-electron chi connectivity index (χ1n) is 6.50. The molecule has 0 saturated heterocycles. The summed E-state index contributed by atoms with van der Waals surface area (Å²) in [6.45, 7) is 0.585. The van der Waals surface area contributed by atoms with Gasteiger partial charge in [-0.05, 0) is 18.8 Å². The molecule has 116 valence electrons. The van der Waals surface area contributed by atoms with E-state index >= 15 is 0 Å². The second-order valence-corrected chi connectivity index (χ2v) is 5.30. The number of carbonyl (C=O) groups is 2. The number of carboxylic acid groups (broad SMARTS) is 1. The number of aliphatic hydroxyl groups excluding tert-OH is 3. The van der Waals surface area contributed by atoms with Gasteiger partial charge in [0.05, 0.1) is 18.6 Å². The highest BCUT2D eigenvalue weighted by molar-refractivity contribution is 5.73. The minimum absolute atomic E-state index is 0.205. The van der Waals surface area contributed by atoms with E-state index in [2.05, 4.69) is 5.32 Å². The molecule has 1 rings (SSSR count). The van der Waals surface area contributed by atoms with Gasteiger partial charge in [-0.3, -0.25) is 9.59 Å². The summed E-state index contributed by atoms with van der Waals surface area (Å²) >= 11 is 0. The lowest BCUT2D eigenvalue weighted by Gasteiger charge is -2.33. The van der Waals surface area contributed by atoms with Gasteiger partial charge in [-0.15, -0.1) is 0 Å². The van der Waals surface area contributed by atoms with E-state index < -0.39 is 54.6 Å². The Morgan fingerprint density at radius 1 is 1.35 bits per heavy atom. The zero-order chi connectivity index (χ0) is 15.4. The lowest BCUT2D eigenvalue weighted by atomic mass is 9.88. The standard InChI is InChI=1S/C12H22N2O6/c1-5(16)14-10(11(18)9(17)4-15)7-2-6(12(19)20)3-8(7)13/h6-11,15,17-18H,2-4,13H2,1H3,(H,14,16)(H,19,20)/t6-,7+,8+,9?,10?,11?/m1/s1. The van der Waals surface area contributed by atoms with E-state index in [1.54, 1.807) is 0 Å². The van der Waals surface area contributed by atoms with Crippen molar-refractivity contribution in [1.29, 1.82) is 0 Å². The summed E-state index contributed by atoms with van der Waals surface area (Å²) in [5, 5.41) is 39.9. The van der Waals surface area contributed by atoms with Crippen LogP contribution in [0, 0.1) is 11.8 Å². The van der Waals surface area contributed by atoms with E-state index in [0.717, 1.165) is 0 Å². The number of hydrogen-bond donors (Lipinski definition) is 6. The van der Waals surface area contributed by atoms with Gasteiger partial charge in [0, 0.05) is 13.0 Å². The minimum Gasteiger partial charge on any atom is -0.481 e. The number of aliphatic carboxylic acids is 1. The van der Waals surface area contributed by atoms with Crippen LogP contribution in [0.15, 0.2) is 0 Å². The van der Waals surface area contributed by atoms with Crippen molar-refractivity contribution in [2.45, 2.75) is 44.1 Å². The Morgan fingerprint density at radius 2 is 1.95 bits per heavy atom. The molecule has 1 saturated carbocycles. The summed E-state index contributed by atoms with van der Waals surface area (Å²) in [5.74, 6) is -2.51. The Hall–Kier alpha value is -1.22. The molecular weight excluding hydrogens is 268 g/mol. The molecule has 3 unspecified atom stereocenters. The van der Waals surface area contributed by atoms with Crippen molar-refractivity contribution in [2.75, 3.05) is 6.61 Å². The second-order valence-electron chi connectivity index (χ2n) is 5.30. The first kappa shape index (κ1) is 16.8. The van der Waals surface area contributed by atoms with Crippen LogP contribution in [0.4, 0.5) is 0 Å². The van der Waals surface area contributed by atoms with Crippen molar-refractivity contribution >= 4 is 11.9 Å². The molecule has 0 aromatic carbocycles. The van der Waals surface area contributed by atoms with Crippen LogP contribution in [-0.4, -0.2) is 63.2 Å². The van der Waals surface area contributed by atoms with Gasteiger partial charge in [-0.1, -0.05) is 0 Å². The van der Waals surface area contributed by atoms with E-state index in [1.165, 1.54) is 6.92 Å². The van der Waals surface area contributed by atoms with E-state index in [0.29, 0.717) is 0 Å². The topological polar surface area (TPSA) is 153 Å². The number of rotatable bonds is 6. The molecule has 6 atom stereocenters. The third-order valence-corrected chi connectivity index (χ3v) is 3.79. The maximum atomic E-state index is 11.2. The van der Waals surface area contributed by atoms with Gasteiger partial charge in [0.25, 0.3) is 0 Å². The molecule has 7 N–H and O–H groups in total. The number of carbonyl (C=O) groups excluding carboxylic acids is 1. The van der Waals surface area contributed by atoms with Crippen LogP contribution in [0.2, 0.25) is 0 Å². The highest BCUT2D eigenvalue weighted by atomic mass is 16.4. The molecule has 8 nitrogen and oxygen atoms in total. The molecule has 1 amide bonds. The third-order valence-electron chi connectivity index (χ3n) is 3.79. The fraction of sp³-hybridized carbons (Fsp3) is 0.833. The normalized spacial score (nSPS) is 30.6. The predicted molar refractivity (Wildman–Crippen MR) is 68.5 cm³/mol. The minimum atomic E-state index is -1.43. The first-order chi connectivity index (χ1) is 9.27. The summed E-state index contributed by atoms with van der Waals surface area (Å²) in [5.41, 5.74) is 5.89. The van der Waals surface area contributed by atoms with Gasteiger partial charge in [0.15, 0.2) is 0 Å². The zero-order valence-electron chi connectivity index (χ0n) is 11.3. The Bertz CT molecular complexity index is 364. The summed E-state index contributed by atoms with van der Waals surface area (Å²) < 4.78 is 0. The van der Waals surface area contributed by atoms with Crippen molar-refractivity contribution in [3.05, 3.63) is 0 Å². The molecule has 0 radical (unpaired) electrons. The fourth-order valence-electron chi connectivity index (χ4n) is 2.75. The maximum Gasteiger partial charge on any atom is 0.306 e. The van der Waals surface area contributed by atoms with Gasteiger partial charge in [-0.25, -0.2) is 0 Å². The lowest BCUT2D eigenvalue weighted by Crippen LogP contribution is -2.55. The van der Waals surface area contributed by atoms with Gasteiger partial charge in [0.2, 0.25) is 5.91 Å². The number of hydrogen-bond acceptors (Lipinski definition) is 6. The summed E-state index contributed by atoms with van der Waals surface area (Å²) in [4.78, 5) is 22.2. The van der Waals surface area contributed by atoms with Crippen molar-refractivity contribution in [1.82, 2.24) is 5.32 Å². The zero-order valence-corrected chi connectivity index (χ0v) is 11.3. The van der Waals surface area contributed by atoms with Gasteiger partial charge in [0.1, 0.15) is 12.2 Å². The number of aliphatic hydroxyl groups is 3. The SMILES string of the molecule is CC(=O)NC(C(O)C(O)CO)[C@H]1C[C@@H](C(=O)O)C[C@@H]1N. The van der Waals surface area contributed by atoms with Gasteiger partial charge in [-0.2, -0.15) is 0 Å². The highest BCUT2D eigenvalue weighted by Crippen LogP contribution is 2.34. The molecule has 0 bridgehead atoms. The van der Waals surface area contributed by atoms with Crippen LogP contribution in [0.25, 0.3) is 0 Å². The summed E-state index contributed by atoms with van der Waals surface area (Å²) in [6, 6.07) is -1.40. The number of carboxylic acids is 1. The molecule has 1 fully saturated rings. The quantitative estimate of drug-likeness (QED) is 0.320. The Labute approximate surface area is 116 Å². The van der Waals surface area contributed by atoms with Crippen molar-refractivity contribution in [3.8, 4) is 0 Å².